The SMILES string of the molecule is CCN(CC)C(=O)c1ccc(C(O)(c2cccc3cccnc23)C2CCN(C(=O)OC(C)(C)C)CC2)cc1. The first-order chi connectivity index (χ1) is 18.1. The second-order valence-corrected chi connectivity index (χ2v) is 10.9. The van der Waals surface area contributed by atoms with Crippen LogP contribution in [0.3, 0.4) is 0 Å². The fraction of sp³-hybridized carbons (Fsp3) is 0.452. The molecule has 2 amide bonds. The number of likely N-dealkylation sites (tertiary alicyclic amines) is 1. The lowest BCUT2D eigenvalue weighted by atomic mass is 9.71. The van der Waals surface area contributed by atoms with Crippen molar-refractivity contribution in [1.82, 2.24) is 14.8 Å². The van der Waals surface area contributed by atoms with Gasteiger partial charge in [0.05, 0.1) is 5.52 Å². The molecule has 1 unspecified atom stereocenters. The summed E-state index contributed by atoms with van der Waals surface area (Å²) in [7, 11) is 0. The van der Waals surface area contributed by atoms with Crippen LogP contribution < -0.4 is 0 Å². The molecule has 3 aromatic rings. The van der Waals surface area contributed by atoms with Gasteiger partial charge in [-0.2, -0.15) is 0 Å². The van der Waals surface area contributed by atoms with Crippen LogP contribution in [0, 0.1) is 5.92 Å². The van der Waals surface area contributed by atoms with Gasteiger partial charge in [0.25, 0.3) is 5.91 Å². The Hall–Kier alpha value is -3.45. The van der Waals surface area contributed by atoms with Gasteiger partial charge in [0.2, 0.25) is 0 Å². The van der Waals surface area contributed by atoms with E-state index in [2.05, 4.69) is 4.98 Å². The zero-order valence-electron chi connectivity index (χ0n) is 23.1. The Morgan fingerprint density at radius 2 is 1.63 bits per heavy atom. The monoisotopic (exact) mass is 517 g/mol. The lowest BCUT2D eigenvalue weighted by Crippen LogP contribution is -2.47. The lowest BCUT2D eigenvalue weighted by Gasteiger charge is -2.42. The Bertz CT molecular complexity index is 1270. The highest BCUT2D eigenvalue weighted by molar-refractivity contribution is 5.94. The molecule has 1 atom stereocenters. The molecule has 0 bridgehead atoms. The Morgan fingerprint density at radius 1 is 1.00 bits per heavy atom. The van der Waals surface area contributed by atoms with Crippen LogP contribution in [0.5, 0.6) is 0 Å². The topological polar surface area (TPSA) is 83.0 Å². The van der Waals surface area contributed by atoms with Crippen molar-refractivity contribution in [2.75, 3.05) is 26.2 Å². The predicted octanol–water partition coefficient (Wildman–Crippen LogP) is 5.60. The summed E-state index contributed by atoms with van der Waals surface area (Å²) in [4.78, 5) is 33.7. The van der Waals surface area contributed by atoms with Crippen molar-refractivity contribution < 1.29 is 19.4 Å². The summed E-state index contributed by atoms with van der Waals surface area (Å²) in [6.45, 7) is 11.8. The standard InChI is InChI=1S/C31H39N3O4/c1-6-33(7-2)28(35)23-13-15-24(16-14-23)31(37,26-12-8-10-22-11-9-19-32-27(22)26)25-17-20-34(21-18-25)29(36)38-30(3,4)5/h8-16,19,25,37H,6-7,17-18,20-21H2,1-5H3. The fourth-order valence-corrected chi connectivity index (χ4v) is 5.39. The number of amides is 2. The van der Waals surface area contributed by atoms with Gasteiger partial charge in [0.15, 0.2) is 0 Å². The van der Waals surface area contributed by atoms with Crippen LogP contribution >= 0.6 is 0 Å². The number of nitrogens with zero attached hydrogens (tertiary/aromatic N) is 3. The lowest BCUT2D eigenvalue weighted by molar-refractivity contribution is -0.0230. The highest BCUT2D eigenvalue weighted by atomic mass is 16.6. The number of ether oxygens (including phenoxy) is 1. The van der Waals surface area contributed by atoms with Crippen LogP contribution in [0.2, 0.25) is 0 Å². The number of carbonyl (C=O) groups is 2. The number of piperidine rings is 1. The number of rotatable bonds is 6. The first-order valence-corrected chi connectivity index (χ1v) is 13.5. The van der Waals surface area contributed by atoms with Crippen LogP contribution in [0.15, 0.2) is 60.8 Å². The smallest absolute Gasteiger partial charge is 0.410 e. The van der Waals surface area contributed by atoms with Crippen LogP contribution in [-0.4, -0.2) is 63.7 Å². The average molecular weight is 518 g/mol. The van der Waals surface area contributed by atoms with Crippen molar-refractivity contribution in [2.45, 2.75) is 58.7 Å². The second-order valence-electron chi connectivity index (χ2n) is 10.9. The van der Waals surface area contributed by atoms with Crippen LogP contribution in [-0.2, 0) is 10.3 Å². The summed E-state index contributed by atoms with van der Waals surface area (Å²) in [5.74, 6) is -0.194. The van der Waals surface area contributed by atoms with Gasteiger partial charge in [0, 0.05) is 48.9 Å². The number of carbonyl (C=O) groups excluding carboxylic acids is 2. The van der Waals surface area contributed by atoms with Gasteiger partial charge in [-0.1, -0.05) is 36.4 Å². The number of hydrogen-bond acceptors (Lipinski definition) is 5. The molecule has 2 heterocycles. The molecule has 0 spiro atoms. The van der Waals surface area contributed by atoms with E-state index in [0.717, 1.165) is 16.5 Å². The number of pyridine rings is 1. The van der Waals surface area contributed by atoms with Crippen molar-refractivity contribution >= 4 is 22.9 Å². The van der Waals surface area contributed by atoms with Crippen LogP contribution in [0.4, 0.5) is 4.79 Å². The summed E-state index contributed by atoms with van der Waals surface area (Å²) in [6, 6.07) is 17.1. The Morgan fingerprint density at radius 3 is 2.24 bits per heavy atom. The number of aromatic nitrogens is 1. The molecule has 0 aliphatic carbocycles. The molecule has 0 radical (unpaired) electrons. The fourth-order valence-electron chi connectivity index (χ4n) is 5.39. The molecule has 2 aromatic carbocycles. The minimum atomic E-state index is -1.36. The van der Waals surface area contributed by atoms with Gasteiger partial charge in [-0.3, -0.25) is 9.78 Å². The van der Waals surface area contributed by atoms with E-state index in [1.807, 2.05) is 77.1 Å². The average Bonchev–Trinajstić information content (AvgIpc) is 2.92. The molecule has 1 fully saturated rings. The highest BCUT2D eigenvalue weighted by Gasteiger charge is 2.44. The molecule has 7 nitrogen and oxygen atoms in total. The number of para-hydroxylation sites is 1. The van der Waals surface area contributed by atoms with Crippen molar-refractivity contribution in [3.63, 3.8) is 0 Å². The minimum absolute atomic E-state index is 0.0254. The summed E-state index contributed by atoms with van der Waals surface area (Å²) >= 11 is 0. The van der Waals surface area contributed by atoms with Crippen molar-refractivity contribution in [3.05, 3.63) is 77.5 Å². The quantitative estimate of drug-likeness (QED) is 0.460. The summed E-state index contributed by atoms with van der Waals surface area (Å²) in [6.07, 6.45) is 2.60. The van der Waals surface area contributed by atoms with Gasteiger partial charge in [-0.05, 0) is 77.1 Å². The highest BCUT2D eigenvalue weighted by Crippen LogP contribution is 2.44. The number of hydrogen-bond donors (Lipinski definition) is 1. The summed E-state index contributed by atoms with van der Waals surface area (Å²) in [5, 5.41) is 13.6. The second kappa shape index (κ2) is 11.1. The van der Waals surface area contributed by atoms with Crippen molar-refractivity contribution in [3.8, 4) is 0 Å². The first-order valence-electron chi connectivity index (χ1n) is 13.5. The normalized spacial score (nSPS) is 16.2. The molecule has 202 valence electrons. The number of benzene rings is 2. The third-order valence-corrected chi connectivity index (χ3v) is 7.40. The van der Waals surface area contributed by atoms with Crippen LogP contribution in [0.25, 0.3) is 10.9 Å². The Labute approximate surface area is 225 Å². The van der Waals surface area contributed by atoms with E-state index in [4.69, 9.17) is 4.74 Å². The third kappa shape index (κ3) is 5.53. The third-order valence-electron chi connectivity index (χ3n) is 7.40. The Kier molecular flexibility index (Phi) is 8.07. The van der Waals surface area contributed by atoms with E-state index >= 15 is 0 Å². The Balaban J connectivity index is 1.71. The summed E-state index contributed by atoms with van der Waals surface area (Å²) < 4.78 is 5.58. The van der Waals surface area contributed by atoms with Crippen LogP contribution in [0.1, 0.15) is 68.9 Å². The maximum atomic E-state index is 12.9. The number of aliphatic hydroxyl groups is 1. The van der Waals surface area contributed by atoms with E-state index < -0.39 is 11.2 Å². The molecule has 7 heteroatoms. The van der Waals surface area contributed by atoms with E-state index in [0.29, 0.717) is 50.1 Å². The van der Waals surface area contributed by atoms with E-state index in [9.17, 15) is 14.7 Å². The van der Waals surface area contributed by atoms with E-state index in [1.165, 1.54) is 0 Å². The first kappa shape index (κ1) is 27.6. The zero-order chi connectivity index (χ0) is 27.5. The van der Waals surface area contributed by atoms with E-state index in [1.54, 1.807) is 28.1 Å². The van der Waals surface area contributed by atoms with E-state index in [-0.39, 0.29) is 17.9 Å². The molecule has 38 heavy (non-hydrogen) atoms. The van der Waals surface area contributed by atoms with Crippen molar-refractivity contribution in [2.24, 2.45) is 5.92 Å². The summed E-state index contributed by atoms with van der Waals surface area (Å²) in [5.41, 5.74) is 0.862. The molecule has 4 rings (SSSR count). The van der Waals surface area contributed by atoms with Gasteiger partial charge < -0.3 is 19.6 Å². The largest absolute Gasteiger partial charge is 0.444 e. The molecular formula is C31H39N3O4. The molecule has 1 aromatic heterocycles. The molecule has 1 aliphatic heterocycles. The van der Waals surface area contributed by atoms with Crippen molar-refractivity contribution in [1.29, 1.82) is 0 Å². The molecular weight excluding hydrogens is 478 g/mol. The maximum absolute atomic E-state index is 12.9. The van der Waals surface area contributed by atoms with Gasteiger partial charge in [-0.15, -0.1) is 0 Å². The maximum Gasteiger partial charge on any atom is 0.410 e. The van der Waals surface area contributed by atoms with Gasteiger partial charge in [0.1, 0.15) is 11.2 Å². The molecule has 1 saturated heterocycles. The zero-order valence-corrected chi connectivity index (χ0v) is 23.1. The van der Waals surface area contributed by atoms with Gasteiger partial charge >= 0.3 is 6.09 Å². The number of fused-ring (bicyclic) bond motifs is 1. The molecule has 0 saturated carbocycles. The van der Waals surface area contributed by atoms with Gasteiger partial charge in [-0.25, -0.2) is 4.79 Å². The minimum Gasteiger partial charge on any atom is -0.444 e. The molecule has 1 aliphatic rings. The molecule has 1 N–H and O–H groups in total. The predicted molar refractivity (Wildman–Crippen MR) is 149 cm³/mol.